The predicted octanol–water partition coefficient (Wildman–Crippen LogP) is 2.24. The zero-order valence-corrected chi connectivity index (χ0v) is 10.3. The molecule has 4 heteroatoms. The molecular weight excluding hydrogens is 208 g/mol. The fourth-order valence-corrected chi connectivity index (χ4v) is 1.25. The summed E-state index contributed by atoms with van der Waals surface area (Å²) in [6, 6.07) is 0. The van der Waals surface area contributed by atoms with Gasteiger partial charge < -0.3 is 9.84 Å². The molecule has 0 saturated heterocycles. The molecule has 0 rings (SSSR count). The van der Waals surface area contributed by atoms with E-state index in [1.165, 1.54) is 0 Å². The van der Waals surface area contributed by atoms with Gasteiger partial charge >= 0.3 is 11.9 Å². The lowest BCUT2D eigenvalue weighted by Gasteiger charge is -2.22. The minimum atomic E-state index is -1.15. The first-order valence-corrected chi connectivity index (χ1v) is 5.44. The predicted molar refractivity (Wildman–Crippen MR) is 60.9 cm³/mol. The molecule has 0 amide bonds. The first kappa shape index (κ1) is 14.7. The van der Waals surface area contributed by atoms with Gasteiger partial charge in [-0.1, -0.05) is 27.7 Å². The van der Waals surface area contributed by atoms with Gasteiger partial charge in [0.2, 0.25) is 0 Å². The molecular formula is C12H20O4. The molecule has 0 saturated carbocycles. The average molecular weight is 228 g/mol. The fraction of sp³-hybridized carbons (Fsp3) is 0.667. The van der Waals surface area contributed by atoms with Crippen molar-refractivity contribution in [1.82, 2.24) is 0 Å². The number of aliphatic carboxylic acids is 1. The Bertz CT molecular complexity index is 266. The van der Waals surface area contributed by atoms with Crippen molar-refractivity contribution in [2.24, 2.45) is 11.8 Å². The van der Waals surface area contributed by atoms with E-state index in [9.17, 15) is 9.59 Å². The van der Waals surface area contributed by atoms with Gasteiger partial charge in [0.05, 0.1) is 0 Å². The van der Waals surface area contributed by atoms with Crippen molar-refractivity contribution in [3.63, 3.8) is 0 Å². The largest absolute Gasteiger partial charge is 0.478 e. The van der Waals surface area contributed by atoms with E-state index in [1.807, 2.05) is 13.8 Å². The lowest BCUT2D eigenvalue weighted by atomic mass is 9.97. The van der Waals surface area contributed by atoms with Crippen LogP contribution in [-0.2, 0) is 14.3 Å². The van der Waals surface area contributed by atoms with Crippen molar-refractivity contribution < 1.29 is 19.4 Å². The molecule has 0 aliphatic carbocycles. The number of carboxylic acid groups (broad SMARTS) is 1. The highest BCUT2D eigenvalue weighted by atomic mass is 16.5. The standard InChI is InChI=1S/C12H20O4/c1-8(2)7-10(9(3)4)16-12(15)6-5-11(13)14/h5-6,8-10H,7H2,1-4H3,(H,13,14)/b6-5+. The van der Waals surface area contributed by atoms with E-state index < -0.39 is 11.9 Å². The Hall–Kier alpha value is -1.32. The van der Waals surface area contributed by atoms with Crippen LogP contribution in [0.4, 0.5) is 0 Å². The zero-order chi connectivity index (χ0) is 12.7. The Balaban J connectivity index is 4.29. The highest BCUT2D eigenvalue weighted by Gasteiger charge is 2.18. The zero-order valence-electron chi connectivity index (χ0n) is 10.3. The molecule has 0 heterocycles. The summed E-state index contributed by atoms with van der Waals surface area (Å²) in [6.45, 7) is 8.05. The molecule has 1 atom stereocenters. The van der Waals surface area contributed by atoms with Gasteiger partial charge in [-0.3, -0.25) is 0 Å². The van der Waals surface area contributed by atoms with E-state index in [0.717, 1.165) is 18.6 Å². The van der Waals surface area contributed by atoms with Crippen LogP contribution >= 0.6 is 0 Å². The molecule has 0 bridgehead atoms. The number of rotatable bonds is 6. The molecule has 16 heavy (non-hydrogen) atoms. The number of ether oxygens (including phenoxy) is 1. The average Bonchev–Trinajstić information content (AvgIpc) is 2.12. The maximum absolute atomic E-state index is 11.3. The summed E-state index contributed by atoms with van der Waals surface area (Å²) in [4.78, 5) is 21.5. The molecule has 1 N–H and O–H groups in total. The third-order valence-corrected chi connectivity index (χ3v) is 2.08. The molecule has 0 aliphatic rings. The Morgan fingerprint density at radius 1 is 1.19 bits per heavy atom. The second-order valence-electron chi connectivity index (χ2n) is 4.52. The van der Waals surface area contributed by atoms with Crippen molar-refractivity contribution in [3.05, 3.63) is 12.2 Å². The number of carbonyl (C=O) groups excluding carboxylic acids is 1. The number of esters is 1. The number of hydrogen-bond donors (Lipinski definition) is 1. The van der Waals surface area contributed by atoms with Crippen LogP contribution in [0.5, 0.6) is 0 Å². The molecule has 0 spiro atoms. The first-order chi connectivity index (χ1) is 7.32. The van der Waals surface area contributed by atoms with Crippen LogP contribution < -0.4 is 0 Å². The number of carbonyl (C=O) groups is 2. The van der Waals surface area contributed by atoms with Gasteiger partial charge in [-0.25, -0.2) is 9.59 Å². The van der Waals surface area contributed by atoms with Gasteiger partial charge in [-0.05, 0) is 18.3 Å². The summed E-state index contributed by atoms with van der Waals surface area (Å²) < 4.78 is 5.18. The Morgan fingerprint density at radius 3 is 2.12 bits per heavy atom. The molecule has 0 aromatic carbocycles. The van der Waals surface area contributed by atoms with Gasteiger partial charge in [-0.2, -0.15) is 0 Å². The fourth-order valence-electron chi connectivity index (χ4n) is 1.25. The van der Waals surface area contributed by atoms with Gasteiger partial charge in [0, 0.05) is 12.2 Å². The van der Waals surface area contributed by atoms with E-state index in [1.54, 1.807) is 0 Å². The lowest BCUT2D eigenvalue weighted by Crippen LogP contribution is -2.24. The first-order valence-electron chi connectivity index (χ1n) is 5.44. The Labute approximate surface area is 96.3 Å². The molecule has 92 valence electrons. The van der Waals surface area contributed by atoms with Crippen molar-refractivity contribution in [2.75, 3.05) is 0 Å². The lowest BCUT2D eigenvalue weighted by molar-refractivity contribution is -0.146. The Morgan fingerprint density at radius 2 is 1.75 bits per heavy atom. The summed E-state index contributed by atoms with van der Waals surface area (Å²) in [5.41, 5.74) is 0. The highest BCUT2D eigenvalue weighted by molar-refractivity contribution is 5.90. The van der Waals surface area contributed by atoms with Crippen molar-refractivity contribution >= 4 is 11.9 Å². The topological polar surface area (TPSA) is 63.6 Å². The van der Waals surface area contributed by atoms with Gasteiger partial charge in [0.15, 0.2) is 0 Å². The van der Waals surface area contributed by atoms with Crippen LogP contribution in [0.2, 0.25) is 0 Å². The third kappa shape index (κ3) is 7.04. The molecule has 1 unspecified atom stereocenters. The van der Waals surface area contributed by atoms with Crippen LogP contribution in [0.25, 0.3) is 0 Å². The van der Waals surface area contributed by atoms with Crippen LogP contribution in [0.3, 0.4) is 0 Å². The summed E-state index contributed by atoms with van der Waals surface area (Å²) in [7, 11) is 0. The SMILES string of the molecule is CC(C)CC(OC(=O)/C=C/C(=O)O)C(C)C. The second kappa shape index (κ2) is 7.04. The van der Waals surface area contributed by atoms with Crippen LogP contribution in [0, 0.1) is 11.8 Å². The number of hydrogen-bond acceptors (Lipinski definition) is 3. The second-order valence-corrected chi connectivity index (χ2v) is 4.52. The van der Waals surface area contributed by atoms with E-state index in [4.69, 9.17) is 9.84 Å². The quantitative estimate of drug-likeness (QED) is 0.559. The van der Waals surface area contributed by atoms with E-state index in [2.05, 4.69) is 13.8 Å². The summed E-state index contributed by atoms with van der Waals surface area (Å²) in [5.74, 6) is -1.09. The summed E-state index contributed by atoms with van der Waals surface area (Å²) >= 11 is 0. The summed E-state index contributed by atoms with van der Waals surface area (Å²) in [6.07, 6.45) is 2.35. The van der Waals surface area contributed by atoms with Crippen molar-refractivity contribution in [3.8, 4) is 0 Å². The molecule has 0 radical (unpaired) electrons. The van der Waals surface area contributed by atoms with Gasteiger partial charge in [0.25, 0.3) is 0 Å². The third-order valence-electron chi connectivity index (χ3n) is 2.08. The van der Waals surface area contributed by atoms with E-state index in [-0.39, 0.29) is 12.0 Å². The van der Waals surface area contributed by atoms with Crippen molar-refractivity contribution in [1.29, 1.82) is 0 Å². The molecule has 0 fully saturated rings. The maximum Gasteiger partial charge on any atom is 0.331 e. The minimum absolute atomic E-state index is 0.161. The van der Waals surface area contributed by atoms with Gasteiger partial charge in [0.1, 0.15) is 6.10 Å². The normalized spacial score (nSPS) is 13.4. The van der Waals surface area contributed by atoms with E-state index in [0.29, 0.717) is 5.92 Å². The minimum Gasteiger partial charge on any atom is -0.478 e. The smallest absolute Gasteiger partial charge is 0.331 e. The van der Waals surface area contributed by atoms with Crippen molar-refractivity contribution in [2.45, 2.75) is 40.2 Å². The molecule has 0 aromatic heterocycles. The maximum atomic E-state index is 11.3. The molecule has 0 aliphatic heterocycles. The van der Waals surface area contributed by atoms with Crippen LogP contribution in [0.1, 0.15) is 34.1 Å². The monoisotopic (exact) mass is 228 g/mol. The number of carboxylic acids is 1. The van der Waals surface area contributed by atoms with Crippen LogP contribution in [0.15, 0.2) is 12.2 Å². The summed E-state index contributed by atoms with van der Waals surface area (Å²) in [5, 5.41) is 8.36. The van der Waals surface area contributed by atoms with Gasteiger partial charge in [-0.15, -0.1) is 0 Å². The molecule has 0 aromatic rings. The van der Waals surface area contributed by atoms with Crippen LogP contribution in [-0.4, -0.2) is 23.1 Å². The highest BCUT2D eigenvalue weighted by Crippen LogP contribution is 2.16. The molecule has 4 nitrogen and oxygen atoms in total. The van der Waals surface area contributed by atoms with E-state index >= 15 is 0 Å². The Kier molecular flexibility index (Phi) is 6.46.